The van der Waals surface area contributed by atoms with Crippen LogP contribution in [0.4, 0.5) is 5.69 Å². The summed E-state index contributed by atoms with van der Waals surface area (Å²) in [5, 5.41) is 0.524. The first kappa shape index (κ1) is 24.4. The molecule has 6 rings (SSSR count). The fourth-order valence-corrected chi connectivity index (χ4v) is 6.05. The normalized spacial score (nSPS) is 23.3. The Kier molecular flexibility index (Phi) is 6.28. The molecular formula is C31H27ClN2O4. The number of benzene rings is 3. The number of unbranched alkanes of at least 4 members (excludes halogenated alkanes) is 1. The standard InChI is InChI=1S/C31H27ClN2O4/c1-2-3-18-38-23-14-12-22(13-15-23)34-30(36)25-26(31(34)37)28(29(35)20-8-10-21(32)11-9-20)33-17-16-19-6-4-5-7-24(19)27(25)33/h4-17,25-28H,2-3,18H2,1H3/t25-,26+,27+,28-/m0/s1. The van der Waals surface area contributed by atoms with Gasteiger partial charge in [0, 0.05) is 16.8 Å². The van der Waals surface area contributed by atoms with E-state index in [4.69, 9.17) is 16.3 Å². The summed E-state index contributed by atoms with van der Waals surface area (Å²) in [6, 6.07) is 20.3. The third-order valence-electron chi connectivity index (χ3n) is 7.72. The quantitative estimate of drug-likeness (QED) is 0.217. The molecule has 2 amide bonds. The number of nitrogens with zero attached hydrogens (tertiary/aromatic N) is 2. The molecule has 2 fully saturated rings. The van der Waals surface area contributed by atoms with E-state index in [1.165, 1.54) is 4.90 Å². The Morgan fingerprint density at radius 2 is 1.63 bits per heavy atom. The van der Waals surface area contributed by atoms with Gasteiger partial charge in [0.15, 0.2) is 5.78 Å². The number of hydrogen-bond acceptors (Lipinski definition) is 5. The summed E-state index contributed by atoms with van der Waals surface area (Å²) in [5.41, 5.74) is 2.87. The van der Waals surface area contributed by atoms with Gasteiger partial charge in [-0.2, -0.15) is 0 Å². The number of ketones is 1. The van der Waals surface area contributed by atoms with Gasteiger partial charge in [-0.25, -0.2) is 4.90 Å². The highest BCUT2D eigenvalue weighted by atomic mass is 35.5. The Labute approximate surface area is 226 Å². The first-order valence-corrected chi connectivity index (χ1v) is 13.3. The number of ether oxygens (including phenoxy) is 1. The van der Waals surface area contributed by atoms with Crippen LogP contribution in [0.15, 0.2) is 79.0 Å². The molecule has 6 nitrogen and oxygen atoms in total. The average molecular weight is 527 g/mol. The molecule has 0 aromatic heterocycles. The number of fused-ring (bicyclic) bond motifs is 5. The van der Waals surface area contributed by atoms with Crippen LogP contribution in [0.2, 0.25) is 5.02 Å². The number of amides is 2. The van der Waals surface area contributed by atoms with Gasteiger partial charge in [-0.05, 0) is 72.2 Å². The molecule has 3 aliphatic heterocycles. The van der Waals surface area contributed by atoms with Crippen molar-refractivity contribution in [3.63, 3.8) is 0 Å². The number of rotatable bonds is 7. The number of carbonyl (C=O) groups is 3. The van der Waals surface area contributed by atoms with Crippen molar-refractivity contribution in [3.05, 3.63) is 101 Å². The molecule has 0 unspecified atom stereocenters. The van der Waals surface area contributed by atoms with E-state index in [1.54, 1.807) is 48.5 Å². The molecule has 38 heavy (non-hydrogen) atoms. The summed E-state index contributed by atoms with van der Waals surface area (Å²) < 4.78 is 5.75. The van der Waals surface area contributed by atoms with Gasteiger partial charge in [-0.15, -0.1) is 0 Å². The minimum Gasteiger partial charge on any atom is -0.494 e. The van der Waals surface area contributed by atoms with E-state index in [0.29, 0.717) is 28.6 Å². The number of hydrogen-bond donors (Lipinski definition) is 0. The Bertz CT molecular complexity index is 1430. The maximum Gasteiger partial charge on any atom is 0.240 e. The summed E-state index contributed by atoms with van der Waals surface area (Å²) in [6.45, 7) is 2.71. The van der Waals surface area contributed by atoms with Crippen molar-refractivity contribution in [2.24, 2.45) is 11.8 Å². The van der Waals surface area contributed by atoms with Crippen LogP contribution in [-0.4, -0.2) is 35.1 Å². The Balaban J connectivity index is 1.39. The summed E-state index contributed by atoms with van der Waals surface area (Å²) in [4.78, 5) is 45.1. The lowest BCUT2D eigenvalue weighted by molar-refractivity contribution is -0.123. The summed E-state index contributed by atoms with van der Waals surface area (Å²) in [5.74, 6) is -1.65. The zero-order valence-corrected chi connectivity index (χ0v) is 21.7. The van der Waals surface area contributed by atoms with Gasteiger partial charge in [0.1, 0.15) is 11.8 Å². The molecule has 0 bridgehead atoms. The van der Waals surface area contributed by atoms with E-state index in [9.17, 15) is 14.4 Å². The zero-order valence-electron chi connectivity index (χ0n) is 20.9. The van der Waals surface area contributed by atoms with Gasteiger partial charge >= 0.3 is 0 Å². The van der Waals surface area contributed by atoms with Gasteiger partial charge in [0.05, 0.1) is 30.2 Å². The first-order valence-electron chi connectivity index (χ1n) is 12.9. The Morgan fingerprint density at radius 3 is 2.37 bits per heavy atom. The van der Waals surface area contributed by atoms with E-state index >= 15 is 0 Å². The molecule has 7 heteroatoms. The lowest BCUT2D eigenvalue weighted by atomic mass is 9.83. The second-order valence-electron chi connectivity index (χ2n) is 9.91. The zero-order chi connectivity index (χ0) is 26.4. The minimum absolute atomic E-state index is 0.203. The third kappa shape index (κ3) is 3.91. The van der Waals surface area contributed by atoms with Gasteiger partial charge in [-0.3, -0.25) is 14.4 Å². The lowest BCUT2D eigenvalue weighted by Crippen LogP contribution is -2.44. The molecule has 2 saturated heterocycles. The maximum atomic E-state index is 14.0. The SMILES string of the molecule is CCCCOc1ccc(N2C(=O)[C@@H]3[C@H](C2=O)[C@H]2c4ccccc4C=CN2[C@@H]3C(=O)c2ccc(Cl)cc2)cc1. The van der Waals surface area contributed by atoms with E-state index in [0.717, 1.165) is 24.0 Å². The van der Waals surface area contributed by atoms with Crippen LogP contribution in [0, 0.1) is 11.8 Å². The molecule has 3 aromatic carbocycles. The Hall–Kier alpha value is -3.90. The van der Waals surface area contributed by atoms with Crippen molar-refractivity contribution in [1.29, 1.82) is 0 Å². The number of halogens is 1. The molecule has 0 saturated carbocycles. The van der Waals surface area contributed by atoms with Gasteiger partial charge < -0.3 is 9.64 Å². The predicted octanol–water partition coefficient (Wildman–Crippen LogP) is 5.92. The van der Waals surface area contributed by atoms with Crippen LogP contribution >= 0.6 is 11.6 Å². The van der Waals surface area contributed by atoms with E-state index in [1.807, 2.05) is 41.4 Å². The topological polar surface area (TPSA) is 66.9 Å². The van der Waals surface area contributed by atoms with Crippen molar-refractivity contribution in [2.75, 3.05) is 11.5 Å². The average Bonchev–Trinajstić information content (AvgIpc) is 3.41. The summed E-state index contributed by atoms with van der Waals surface area (Å²) in [7, 11) is 0. The minimum atomic E-state index is -0.813. The predicted molar refractivity (Wildman–Crippen MR) is 146 cm³/mol. The number of imide groups is 1. The van der Waals surface area contributed by atoms with E-state index in [-0.39, 0.29) is 17.6 Å². The van der Waals surface area contributed by atoms with Crippen molar-refractivity contribution in [2.45, 2.75) is 31.8 Å². The van der Waals surface area contributed by atoms with Crippen LogP contribution in [0.25, 0.3) is 6.08 Å². The molecule has 3 aromatic rings. The first-order chi connectivity index (χ1) is 18.5. The molecule has 0 aliphatic carbocycles. The fourth-order valence-electron chi connectivity index (χ4n) is 5.92. The highest BCUT2D eigenvalue weighted by Crippen LogP contribution is 2.53. The molecule has 192 valence electrons. The highest BCUT2D eigenvalue weighted by molar-refractivity contribution is 6.30. The van der Waals surface area contributed by atoms with E-state index < -0.39 is 23.9 Å². The molecule has 0 spiro atoms. The molecule has 4 atom stereocenters. The largest absolute Gasteiger partial charge is 0.494 e. The van der Waals surface area contributed by atoms with Crippen LogP contribution in [-0.2, 0) is 9.59 Å². The smallest absolute Gasteiger partial charge is 0.240 e. The van der Waals surface area contributed by atoms with Crippen molar-refractivity contribution >= 4 is 41.0 Å². The molecular weight excluding hydrogens is 500 g/mol. The van der Waals surface area contributed by atoms with Crippen molar-refractivity contribution in [1.82, 2.24) is 4.90 Å². The van der Waals surface area contributed by atoms with Gasteiger partial charge in [0.25, 0.3) is 0 Å². The van der Waals surface area contributed by atoms with Crippen molar-refractivity contribution < 1.29 is 19.1 Å². The number of carbonyl (C=O) groups excluding carboxylic acids is 3. The second kappa shape index (κ2) is 9.76. The summed E-state index contributed by atoms with van der Waals surface area (Å²) in [6.07, 6.45) is 5.78. The van der Waals surface area contributed by atoms with Crippen molar-refractivity contribution in [3.8, 4) is 5.75 Å². The number of Topliss-reactive ketones (excluding diaryl/α,β-unsaturated/α-hetero) is 1. The van der Waals surface area contributed by atoms with Crippen LogP contribution in [0.5, 0.6) is 5.75 Å². The van der Waals surface area contributed by atoms with Crippen LogP contribution in [0.3, 0.4) is 0 Å². The van der Waals surface area contributed by atoms with Gasteiger partial charge in [-0.1, -0.05) is 49.2 Å². The van der Waals surface area contributed by atoms with Crippen LogP contribution < -0.4 is 9.64 Å². The molecule has 3 heterocycles. The lowest BCUT2D eigenvalue weighted by Gasteiger charge is -2.35. The van der Waals surface area contributed by atoms with E-state index in [2.05, 4.69) is 6.92 Å². The number of anilines is 1. The van der Waals surface area contributed by atoms with Gasteiger partial charge in [0.2, 0.25) is 11.8 Å². The monoisotopic (exact) mass is 526 g/mol. The molecule has 0 N–H and O–H groups in total. The third-order valence-corrected chi connectivity index (χ3v) is 7.97. The molecule has 3 aliphatic rings. The second-order valence-corrected chi connectivity index (χ2v) is 10.3. The Morgan fingerprint density at radius 1 is 0.921 bits per heavy atom. The highest BCUT2D eigenvalue weighted by Gasteiger charge is 2.64. The summed E-state index contributed by atoms with van der Waals surface area (Å²) >= 11 is 6.06. The molecule has 0 radical (unpaired) electrons. The fraction of sp³-hybridized carbons (Fsp3) is 0.258. The van der Waals surface area contributed by atoms with Crippen LogP contribution in [0.1, 0.15) is 47.3 Å². The maximum absolute atomic E-state index is 14.0.